The maximum absolute atomic E-state index is 13.7. The van der Waals surface area contributed by atoms with Gasteiger partial charge in [0, 0.05) is 21.3 Å². The summed E-state index contributed by atoms with van der Waals surface area (Å²) in [5.41, 5.74) is 1.24. The Morgan fingerprint density at radius 1 is 0.982 bits per heavy atom. The van der Waals surface area contributed by atoms with E-state index < -0.39 is 45.4 Å². The number of ether oxygens (including phenoxy) is 6. The topological polar surface area (TPSA) is 113 Å². The summed E-state index contributed by atoms with van der Waals surface area (Å²) in [5.74, 6) is 0.00118. The lowest BCUT2D eigenvalue weighted by Crippen LogP contribution is -2.65. The fourth-order valence-corrected chi connectivity index (χ4v) is 13.1. The van der Waals surface area contributed by atoms with Crippen LogP contribution in [-0.4, -0.2) is 84.0 Å². The van der Waals surface area contributed by atoms with Crippen LogP contribution in [0.2, 0.25) is 30.7 Å². The Labute approximate surface area is 330 Å². The third kappa shape index (κ3) is 10.5. The van der Waals surface area contributed by atoms with E-state index in [2.05, 4.69) is 40.4 Å². The molecule has 1 saturated carbocycles. The van der Waals surface area contributed by atoms with Crippen molar-refractivity contribution < 1.29 is 43.1 Å². The molecule has 0 bridgehead atoms. The first-order chi connectivity index (χ1) is 25.9. The summed E-state index contributed by atoms with van der Waals surface area (Å²) in [4.78, 5) is 26.4. The monoisotopic (exact) mass is 792 g/mol. The summed E-state index contributed by atoms with van der Waals surface area (Å²) in [6.45, 7) is 17.4. The molecule has 9 nitrogen and oxygen atoms in total. The summed E-state index contributed by atoms with van der Waals surface area (Å²) in [6.07, 6.45) is 1.04. The second-order valence-electron chi connectivity index (χ2n) is 18.0. The first-order valence-electron chi connectivity index (χ1n) is 19.8. The maximum atomic E-state index is 13.7. The van der Waals surface area contributed by atoms with Crippen LogP contribution in [0.25, 0.3) is 0 Å². The molecular formula is C44H64O9Si2. The molecule has 1 aliphatic carbocycles. The second-order valence-corrected chi connectivity index (χ2v) is 27.6. The minimum absolute atomic E-state index is 0.0205. The second kappa shape index (κ2) is 17.6. The smallest absolute Gasteiger partial charge is 0.342 e. The zero-order valence-corrected chi connectivity index (χ0v) is 36.6. The van der Waals surface area contributed by atoms with Crippen molar-refractivity contribution in [3.05, 3.63) is 83.9 Å². The summed E-state index contributed by atoms with van der Waals surface area (Å²) >= 11 is 0. The van der Waals surface area contributed by atoms with E-state index in [-0.39, 0.29) is 30.7 Å². The van der Waals surface area contributed by atoms with Gasteiger partial charge in [-0.3, -0.25) is 0 Å². The molecule has 0 radical (unpaired) electrons. The van der Waals surface area contributed by atoms with E-state index in [1.54, 1.807) is 20.3 Å². The van der Waals surface area contributed by atoms with Crippen LogP contribution in [0.5, 0.6) is 11.5 Å². The molecule has 55 heavy (non-hydrogen) atoms. The maximum Gasteiger partial charge on any atom is 0.342 e. The Hall–Kier alpha value is -3.04. The van der Waals surface area contributed by atoms with Crippen molar-refractivity contribution in [2.45, 2.75) is 121 Å². The number of hydrogen-bond donors (Lipinski definition) is 2. The van der Waals surface area contributed by atoms with Crippen molar-refractivity contribution in [1.29, 1.82) is 0 Å². The highest BCUT2D eigenvalue weighted by atomic mass is 28.4. The van der Waals surface area contributed by atoms with Crippen LogP contribution in [0.15, 0.2) is 72.8 Å². The third-order valence-corrected chi connectivity index (χ3v) is 17.5. The molecule has 1 unspecified atom stereocenters. The largest absolute Gasteiger partial charge is 0.497 e. The predicted molar refractivity (Wildman–Crippen MR) is 222 cm³/mol. The van der Waals surface area contributed by atoms with Crippen molar-refractivity contribution in [1.82, 2.24) is 0 Å². The molecule has 2 N–H and O–H groups in total. The van der Waals surface area contributed by atoms with Crippen molar-refractivity contribution >= 4 is 32.7 Å². The number of aliphatic hydroxyl groups excluding tert-OH is 1. The number of carbonyl (C=O) groups excluding carboxylic acids is 1. The number of methoxy groups -OCH3 is 2. The number of esters is 1. The molecular weight excluding hydrogens is 729 g/mol. The van der Waals surface area contributed by atoms with Crippen molar-refractivity contribution in [2.24, 2.45) is 11.8 Å². The van der Waals surface area contributed by atoms with Crippen LogP contribution < -0.4 is 19.8 Å². The van der Waals surface area contributed by atoms with Gasteiger partial charge in [0.15, 0.2) is 12.6 Å². The Balaban J connectivity index is 1.32. The summed E-state index contributed by atoms with van der Waals surface area (Å²) in [7, 11) is -1.49. The van der Waals surface area contributed by atoms with Gasteiger partial charge in [-0.05, 0) is 90.4 Å². The van der Waals surface area contributed by atoms with Gasteiger partial charge in [0.2, 0.25) is 0 Å². The fraction of sp³-hybridized carbons (Fsp3) is 0.568. The van der Waals surface area contributed by atoms with Crippen LogP contribution in [0.4, 0.5) is 0 Å². The summed E-state index contributed by atoms with van der Waals surface area (Å²) in [6, 6.07) is 24.6. The number of rotatable bonds is 19. The highest BCUT2D eigenvalue weighted by Crippen LogP contribution is 2.55. The lowest BCUT2D eigenvalue weighted by Gasteiger charge is -2.43. The van der Waals surface area contributed by atoms with E-state index in [9.17, 15) is 14.7 Å². The van der Waals surface area contributed by atoms with Crippen LogP contribution in [0, 0.1) is 11.8 Å². The molecule has 5 rings (SSSR count). The number of benzene rings is 3. The molecule has 3 aromatic rings. The molecule has 11 heteroatoms. The number of carbonyl (C=O) groups is 1. The van der Waals surface area contributed by atoms with Crippen LogP contribution in [0.1, 0.15) is 82.1 Å². The van der Waals surface area contributed by atoms with Gasteiger partial charge in [-0.25, -0.2) is 4.79 Å². The molecule has 302 valence electrons. The molecule has 2 aliphatic rings. The van der Waals surface area contributed by atoms with Gasteiger partial charge in [-0.15, -0.1) is 0 Å². The number of hydrogen-bond acceptors (Lipinski definition) is 9. The zero-order valence-electron chi connectivity index (χ0n) is 34.6. The molecule has 0 spiro atoms. The van der Waals surface area contributed by atoms with Crippen LogP contribution in [0.3, 0.4) is 0 Å². The first kappa shape index (κ1) is 43.1. The van der Waals surface area contributed by atoms with Crippen LogP contribution >= 0.6 is 0 Å². The van der Waals surface area contributed by atoms with Gasteiger partial charge in [-0.2, -0.15) is 0 Å². The van der Waals surface area contributed by atoms with Crippen LogP contribution in [-0.2, 0) is 18.9 Å². The van der Waals surface area contributed by atoms with E-state index >= 15 is 0 Å². The Bertz CT molecular complexity index is 1670. The van der Waals surface area contributed by atoms with Gasteiger partial charge in [0.1, 0.15) is 23.2 Å². The molecule has 0 aromatic heterocycles. The molecule has 1 aliphatic heterocycles. The van der Waals surface area contributed by atoms with Gasteiger partial charge in [0.05, 0.1) is 25.9 Å². The average molecular weight is 793 g/mol. The van der Waals surface area contributed by atoms with E-state index in [0.29, 0.717) is 42.9 Å². The SMILES string of the molecule is COCOc1cc(OC)cc([C@@H]2C[C@H]2C[C@@H]2OC(C)(C)O[C@@H]2C(O)C[C@H](C)CC(C)(C)[Si](O)(c2ccccc2)c2ccccc2)c1C(=O)OCC[Si](C)(C)C. The van der Waals surface area contributed by atoms with Gasteiger partial charge in [0.25, 0.3) is 8.32 Å². The Morgan fingerprint density at radius 3 is 2.16 bits per heavy atom. The van der Waals surface area contributed by atoms with Crippen molar-refractivity contribution in [3.8, 4) is 11.5 Å². The minimum atomic E-state index is -3.21. The van der Waals surface area contributed by atoms with E-state index in [4.69, 9.17) is 28.4 Å². The van der Waals surface area contributed by atoms with Gasteiger partial charge in [-0.1, -0.05) is 101 Å². The fourth-order valence-electron chi connectivity index (χ4n) is 8.51. The Morgan fingerprint density at radius 2 is 1.60 bits per heavy atom. The average Bonchev–Trinajstić information content (AvgIpc) is 3.82. The van der Waals surface area contributed by atoms with Crippen molar-refractivity contribution in [2.75, 3.05) is 27.6 Å². The lowest BCUT2D eigenvalue weighted by atomic mass is 9.89. The quantitative estimate of drug-likeness (QED) is 0.0725. The third-order valence-electron chi connectivity index (χ3n) is 11.3. The molecule has 1 heterocycles. The van der Waals surface area contributed by atoms with E-state index in [1.807, 2.05) is 80.6 Å². The molecule has 6 atom stereocenters. The van der Waals surface area contributed by atoms with E-state index in [0.717, 1.165) is 28.4 Å². The molecule has 1 saturated heterocycles. The lowest BCUT2D eigenvalue weighted by molar-refractivity contribution is -0.156. The highest BCUT2D eigenvalue weighted by molar-refractivity contribution is 6.98. The summed E-state index contributed by atoms with van der Waals surface area (Å²) in [5, 5.41) is 13.4. The van der Waals surface area contributed by atoms with E-state index in [1.165, 1.54) is 0 Å². The highest BCUT2D eigenvalue weighted by Gasteiger charge is 2.52. The first-order valence-corrected chi connectivity index (χ1v) is 25.4. The number of aliphatic hydroxyl groups is 1. The van der Waals surface area contributed by atoms with Gasteiger partial charge >= 0.3 is 5.97 Å². The summed E-state index contributed by atoms with van der Waals surface area (Å²) < 4.78 is 35.5. The standard InChI is InChI=1S/C44H64O9Si2/c1-30(28-43(2,3)55(47,33-17-13-11-14-18-33)34-19-15-12-16-20-34)23-37(45)41-39(52-44(4,5)53-41)25-31-24-35(31)36-26-32(49-7)27-38(51-29-48-6)40(36)42(46)50-21-22-54(8,9)10/h11-20,26-27,30-31,35,37,39,41,45,47H,21-25,28-29H2,1-10H3/t30-,31-,35+,37?,39-,41+/m0/s1. The molecule has 0 amide bonds. The molecule has 2 fully saturated rings. The molecule has 3 aromatic carbocycles. The normalized spacial score (nSPS) is 22.2. The zero-order chi connectivity index (χ0) is 40.2. The van der Waals surface area contributed by atoms with Gasteiger partial charge < -0.3 is 38.3 Å². The minimum Gasteiger partial charge on any atom is -0.497 e. The predicted octanol–water partition coefficient (Wildman–Crippen LogP) is 7.50. The van der Waals surface area contributed by atoms with Crippen molar-refractivity contribution in [3.63, 3.8) is 0 Å². The Kier molecular flexibility index (Phi) is 13.8.